The van der Waals surface area contributed by atoms with Gasteiger partial charge in [0.05, 0.1) is 17.6 Å². The molecule has 0 amide bonds. The second-order valence-corrected chi connectivity index (χ2v) is 5.19. The molecule has 2 N–H and O–H groups in total. The summed E-state index contributed by atoms with van der Waals surface area (Å²) in [6, 6.07) is 0. The Morgan fingerprint density at radius 3 is 2.50 bits per heavy atom. The highest BCUT2D eigenvalue weighted by Crippen LogP contribution is 2.27. The molecule has 0 aromatic carbocycles. The van der Waals surface area contributed by atoms with E-state index in [0.29, 0.717) is 0 Å². The van der Waals surface area contributed by atoms with Crippen LogP contribution < -0.4 is 5.73 Å². The first kappa shape index (κ1) is 11.8. The molecule has 3 nitrogen and oxygen atoms in total. The van der Waals surface area contributed by atoms with Gasteiger partial charge >= 0.3 is 0 Å². The zero-order valence-electron chi connectivity index (χ0n) is 9.82. The van der Waals surface area contributed by atoms with Gasteiger partial charge in [0.2, 0.25) is 0 Å². The molecule has 1 aliphatic carbocycles. The first-order valence-electron chi connectivity index (χ1n) is 5.77. The Balaban J connectivity index is 2.12. The van der Waals surface area contributed by atoms with Gasteiger partial charge in [-0.1, -0.05) is 0 Å². The molecule has 3 atom stereocenters. The summed E-state index contributed by atoms with van der Waals surface area (Å²) in [5, 5.41) is 0.00231. The lowest BCUT2D eigenvalue weighted by Crippen LogP contribution is -2.46. The van der Waals surface area contributed by atoms with Crippen LogP contribution in [0.4, 0.5) is 0 Å². The zero-order valence-corrected chi connectivity index (χ0v) is 10.6. The Labute approximate surface area is 102 Å². The van der Waals surface area contributed by atoms with Gasteiger partial charge in [-0.05, 0) is 26.0 Å². The van der Waals surface area contributed by atoms with Crippen LogP contribution in [0.25, 0.3) is 0 Å². The number of ether oxygens (including phenoxy) is 1. The molecule has 1 heterocycles. The van der Waals surface area contributed by atoms with Crippen molar-refractivity contribution in [2.75, 3.05) is 13.1 Å². The molecule has 4 heteroatoms. The lowest BCUT2D eigenvalue weighted by Gasteiger charge is -2.40. The molecule has 0 bridgehead atoms. The summed E-state index contributed by atoms with van der Waals surface area (Å²) in [5.74, 6) is 0. The standard InChI is InChI=1S/C12H19ClN2O/c1-8-6-15(7-9(2)16-8)12-4-3-10(14)5-11(12)13/h3-4,8-9,11H,5-7,14H2,1-2H3. The van der Waals surface area contributed by atoms with Gasteiger partial charge in [0.1, 0.15) is 0 Å². The van der Waals surface area contributed by atoms with E-state index in [1.165, 1.54) is 5.70 Å². The first-order valence-corrected chi connectivity index (χ1v) is 6.20. The minimum absolute atomic E-state index is 0.00231. The van der Waals surface area contributed by atoms with Crippen molar-refractivity contribution < 1.29 is 4.74 Å². The molecule has 2 rings (SSSR count). The fourth-order valence-corrected chi connectivity index (χ4v) is 2.76. The molecule has 3 unspecified atom stereocenters. The summed E-state index contributed by atoms with van der Waals surface area (Å²) in [5.41, 5.74) is 7.80. The van der Waals surface area contributed by atoms with Crippen molar-refractivity contribution >= 4 is 11.6 Å². The van der Waals surface area contributed by atoms with E-state index in [1.807, 2.05) is 12.2 Å². The molecule has 90 valence electrons. The van der Waals surface area contributed by atoms with Crippen LogP contribution in [0.1, 0.15) is 20.3 Å². The number of halogens is 1. The van der Waals surface area contributed by atoms with Gasteiger partial charge in [-0.15, -0.1) is 11.6 Å². The van der Waals surface area contributed by atoms with Gasteiger partial charge < -0.3 is 15.4 Å². The number of alkyl halides is 1. The molecule has 1 fully saturated rings. The van der Waals surface area contributed by atoms with Crippen LogP contribution >= 0.6 is 11.6 Å². The summed E-state index contributed by atoms with van der Waals surface area (Å²) in [4.78, 5) is 2.32. The van der Waals surface area contributed by atoms with E-state index in [4.69, 9.17) is 22.1 Å². The van der Waals surface area contributed by atoms with Gasteiger partial charge in [0.15, 0.2) is 0 Å². The largest absolute Gasteiger partial charge is 0.402 e. The second kappa shape index (κ2) is 4.68. The first-order chi connectivity index (χ1) is 7.56. The van der Waals surface area contributed by atoms with Crippen LogP contribution in [0.3, 0.4) is 0 Å². The van der Waals surface area contributed by atoms with Crippen LogP contribution in [0.15, 0.2) is 23.5 Å². The molecule has 0 aromatic rings. The average molecular weight is 243 g/mol. The topological polar surface area (TPSA) is 38.5 Å². The normalized spacial score (nSPS) is 35.7. The Hall–Kier alpha value is -0.670. The number of hydrogen-bond donors (Lipinski definition) is 1. The van der Waals surface area contributed by atoms with E-state index in [1.54, 1.807) is 0 Å². The maximum absolute atomic E-state index is 6.33. The van der Waals surface area contributed by atoms with E-state index in [9.17, 15) is 0 Å². The van der Waals surface area contributed by atoms with E-state index in [-0.39, 0.29) is 17.6 Å². The predicted octanol–water partition coefficient (Wildman–Crippen LogP) is 1.83. The van der Waals surface area contributed by atoms with Crippen molar-refractivity contribution in [2.45, 2.75) is 37.9 Å². The average Bonchev–Trinajstić information content (AvgIpc) is 2.15. The minimum atomic E-state index is 0.00231. The lowest BCUT2D eigenvalue weighted by atomic mass is 10.1. The summed E-state index contributed by atoms with van der Waals surface area (Å²) >= 11 is 6.33. The van der Waals surface area contributed by atoms with Crippen molar-refractivity contribution in [1.29, 1.82) is 0 Å². The molecule has 0 radical (unpaired) electrons. The number of rotatable bonds is 1. The third kappa shape index (κ3) is 2.53. The quantitative estimate of drug-likeness (QED) is 0.713. The Morgan fingerprint density at radius 2 is 1.94 bits per heavy atom. The predicted molar refractivity (Wildman–Crippen MR) is 66.2 cm³/mol. The number of allylic oxidation sites excluding steroid dienone is 4. The van der Waals surface area contributed by atoms with Gasteiger partial charge in [0.25, 0.3) is 0 Å². The molecule has 1 aliphatic heterocycles. The Kier molecular flexibility index (Phi) is 3.45. The van der Waals surface area contributed by atoms with E-state index in [0.717, 1.165) is 25.2 Å². The van der Waals surface area contributed by atoms with Crippen LogP contribution in [-0.4, -0.2) is 35.6 Å². The molecular weight excluding hydrogens is 224 g/mol. The molecule has 16 heavy (non-hydrogen) atoms. The monoisotopic (exact) mass is 242 g/mol. The maximum atomic E-state index is 6.33. The van der Waals surface area contributed by atoms with Crippen molar-refractivity contribution in [3.8, 4) is 0 Å². The highest BCUT2D eigenvalue weighted by molar-refractivity contribution is 6.22. The second-order valence-electron chi connectivity index (χ2n) is 4.67. The molecule has 1 saturated heterocycles. The van der Waals surface area contributed by atoms with E-state index >= 15 is 0 Å². The van der Waals surface area contributed by atoms with Crippen LogP contribution in [-0.2, 0) is 4.74 Å². The summed E-state index contributed by atoms with van der Waals surface area (Å²) in [6.07, 6.45) is 5.27. The van der Waals surface area contributed by atoms with Gasteiger partial charge in [-0.25, -0.2) is 0 Å². The van der Waals surface area contributed by atoms with Crippen molar-refractivity contribution in [2.24, 2.45) is 5.73 Å². The summed E-state index contributed by atoms with van der Waals surface area (Å²) in [7, 11) is 0. The lowest BCUT2D eigenvalue weighted by molar-refractivity contribution is -0.0585. The molecule has 2 aliphatic rings. The molecule has 0 spiro atoms. The smallest absolute Gasteiger partial charge is 0.0788 e. The van der Waals surface area contributed by atoms with Gasteiger partial charge in [-0.3, -0.25) is 0 Å². The van der Waals surface area contributed by atoms with Gasteiger partial charge in [0, 0.05) is 30.9 Å². The van der Waals surface area contributed by atoms with Crippen molar-refractivity contribution in [3.05, 3.63) is 23.5 Å². The van der Waals surface area contributed by atoms with E-state index < -0.39 is 0 Å². The maximum Gasteiger partial charge on any atom is 0.0788 e. The summed E-state index contributed by atoms with van der Waals surface area (Å²) < 4.78 is 5.71. The van der Waals surface area contributed by atoms with Crippen molar-refractivity contribution in [3.63, 3.8) is 0 Å². The van der Waals surface area contributed by atoms with E-state index in [2.05, 4.69) is 18.7 Å². The third-order valence-electron chi connectivity index (χ3n) is 2.99. The van der Waals surface area contributed by atoms with Crippen LogP contribution in [0.5, 0.6) is 0 Å². The van der Waals surface area contributed by atoms with Crippen LogP contribution in [0, 0.1) is 0 Å². The number of nitrogens with zero attached hydrogens (tertiary/aromatic N) is 1. The third-order valence-corrected chi connectivity index (χ3v) is 3.37. The summed E-state index contributed by atoms with van der Waals surface area (Å²) in [6.45, 7) is 6.01. The molecular formula is C12H19ClN2O. The fraction of sp³-hybridized carbons (Fsp3) is 0.667. The molecule has 0 saturated carbocycles. The van der Waals surface area contributed by atoms with Crippen molar-refractivity contribution in [1.82, 2.24) is 4.90 Å². The fourth-order valence-electron chi connectivity index (χ4n) is 2.37. The highest BCUT2D eigenvalue weighted by atomic mass is 35.5. The SMILES string of the molecule is CC1CN(C2=CC=C(N)CC2Cl)CC(C)O1. The van der Waals surface area contributed by atoms with Crippen LogP contribution in [0.2, 0.25) is 0 Å². The van der Waals surface area contributed by atoms with Gasteiger partial charge in [-0.2, -0.15) is 0 Å². The number of hydrogen-bond acceptors (Lipinski definition) is 3. The Morgan fingerprint density at radius 1 is 1.31 bits per heavy atom. The number of morpholine rings is 1. The highest BCUT2D eigenvalue weighted by Gasteiger charge is 2.27. The number of nitrogens with two attached hydrogens (primary N) is 1. The minimum Gasteiger partial charge on any atom is -0.402 e. The Bertz CT molecular complexity index is 317. The molecule has 0 aromatic heterocycles. The zero-order chi connectivity index (χ0) is 11.7.